The van der Waals surface area contributed by atoms with Crippen LogP contribution in [0.25, 0.3) is 11.0 Å². The van der Waals surface area contributed by atoms with Gasteiger partial charge in [0.2, 0.25) is 0 Å². The Morgan fingerprint density at radius 3 is 2.67 bits per heavy atom. The average Bonchev–Trinajstić information content (AvgIpc) is 3.11. The van der Waals surface area contributed by atoms with Gasteiger partial charge in [-0.2, -0.15) is 5.10 Å². The van der Waals surface area contributed by atoms with Crippen LogP contribution in [-0.2, 0) is 15.0 Å². The van der Waals surface area contributed by atoms with E-state index in [1.54, 1.807) is 6.33 Å². The molecule has 0 radical (unpaired) electrons. The van der Waals surface area contributed by atoms with Crippen LogP contribution in [0.5, 0.6) is 0 Å². The number of rotatable bonds is 5. The highest BCUT2D eigenvalue weighted by atomic mass is 16.7. The molecule has 132 valence electrons. The van der Waals surface area contributed by atoms with Crippen molar-refractivity contribution in [3.63, 3.8) is 0 Å². The lowest BCUT2D eigenvalue weighted by Gasteiger charge is -2.26. The number of anilines is 1. The van der Waals surface area contributed by atoms with E-state index >= 15 is 0 Å². The first-order valence-corrected chi connectivity index (χ1v) is 8.49. The third kappa shape index (κ3) is 3.52. The summed E-state index contributed by atoms with van der Waals surface area (Å²) >= 11 is 0. The first kappa shape index (κ1) is 17.1. The summed E-state index contributed by atoms with van der Waals surface area (Å²) in [5.74, 6) is 0.746. The molecule has 0 saturated carbocycles. The van der Waals surface area contributed by atoms with Crippen LogP contribution in [0, 0.1) is 5.92 Å². The normalized spacial score (nSPS) is 18.9. The molecule has 1 atom stereocenters. The van der Waals surface area contributed by atoms with Crippen LogP contribution in [-0.4, -0.2) is 45.3 Å². The maximum Gasteiger partial charge on any atom is 0.166 e. The Morgan fingerprint density at radius 2 is 2.00 bits per heavy atom. The Morgan fingerprint density at radius 1 is 1.29 bits per heavy atom. The summed E-state index contributed by atoms with van der Waals surface area (Å²) in [5, 5.41) is 8.85. The van der Waals surface area contributed by atoms with Gasteiger partial charge in [-0.25, -0.2) is 14.6 Å². The molecule has 3 heterocycles. The largest absolute Gasteiger partial charge is 0.369 e. The Balaban J connectivity index is 1.70. The second kappa shape index (κ2) is 6.29. The molecule has 0 amide bonds. The lowest BCUT2D eigenvalue weighted by molar-refractivity contribution is -0.153. The second-order valence-electron chi connectivity index (χ2n) is 7.71. The maximum absolute atomic E-state index is 5.69. The summed E-state index contributed by atoms with van der Waals surface area (Å²) in [6.45, 7) is 12.7. The topological polar surface area (TPSA) is 74.1 Å². The number of hydrogen-bond acceptors (Lipinski definition) is 6. The highest BCUT2D eigenvalue weighted by Gasteiger charge is 2.32. The molecular weight excluding hydrogens is 306 g/mol. The van der Waals surface area contributed by atoms with Gasteiger partial charge < -0.3 is 14.8 Å². The second-order valence-corrected chi connectivity index (χ2v) is 7.71. The third-order valence-electron chi connectivity index (χ3n) is 4.24. The van der Waals surface area contributed by atoms with Crippen LogP contribution in [0.4, 0.5) is 5.82 Å². The standard InChI is InChI=1S/C17H27N5O2/c1-12(8-17(5)23-6-7-24-17)9-18-14-13-10-21-22(16(2,3)4)15(13)20-11-19-14/h10-12H,6-9H2,1-5H3,(H,18,19,20). The highest BCUT2D eigenvalue weighted by molar-refractivity contribution is 5.86. The first-order valence-electron chi connectivity index (χ1n) is 8.49. The molecule has 0 aromatic carbocycles. The molecule has 0 aliphatic carbocycles. The number of fused-ring (bicyclic) bond motifs is 1. The molecule has 7 heteroatoms. The molecule has 1 fully saturated rings. The van der Waals surface area contributed by atoms with Crippen molar-refractivity contribution >= 4 is 16.9 Å². The number of nitrogens with one attached hydrogen (secondary N) is 1. The summed E-state index contributed by atoms with van der Waals surface area (Å²) in [6, 6.07) is 0. The van der Waals surface area contributed by atoms with Crippen molar-refractivity contribution in [2.24, 2.45) is 5.92 Å². The molecule has 0 spiro atoms. The van der Waals surface area contributed by atoms with Crippen molar-refractivity contribution in [3.05, 3.63) is 12.5 Å². The zero-order valence-electron chi connectivity index (χ0n) is 15.2. The van der Waals surface area contributed by atoms with Crippen LogP contribution in [0.2, 0.25) is 0 Å². The van der Waals surface area contributed by atoms with Crippen LogP contribution < -0.4 is 5.32 Å². The zero-order valence-corrected chi connectivity index (χ0v) is 15.2. The van der Waals surface area contributed by atoms with E-state index in [2.05, 4.69) is 48.1 Å². The van der Waals surface area contributed by atoms with E-state index in [0.29, 0.717) is 19.1 Å². The number of hydrogen-bond donors (Lipinski definition) is 1. The van der Waals surface area contributed by atoms with Crippen molar-refractivity contribution in [1.29, 1.82) is 0 Å². The summed E-state index contributed by atoms with van der Waals surface area (Å²) in [5.41, 5.74) is 0.731. The Hall–Kier alpha value is -1.73. The predicted octanol–water partition coefficient (Wildman–Crippen LogP) is 2.78. The highest BCUT2D eigenvalue weighted by Crippen LogP contribution is 2.28. The van der Waals surface area contributed by atoms with E-state index < -0.39 is 5.79 Å². The van der Waals surface area contributed by atoms with Crippen molar-refractivity contribution in [2.45, 2.75) is 52.4 Å². The third-order valence-corrected chi connectivity index (χ3v) is 4.24. The van der Waals surface area contributed by atoms with Crippen molar-refractivity contribution < 1.29 is 9.47 Å². The Labute approximate surface area is 142 Å². The van der Waals surface area contributed by atoms with Gasteiger partial charge in [0.05, 0.1) is 30.3 Å². The van der Waals surface area contributed by atoms with Crippen LogP contribution in [0.15, 0.2) is 12.5 Å². The van der Waals surface area contributed by atoms with Gasteiger partial charge in [0.1, 0.15) is 12.1 Å². The monoisotopic (exact) mass is 333 g/mol. The molecule has 1 N–H and O–H groups in total. The number of nitrogens with zero attached hydrogens (tertiary/aromatic N) is 4. The van der Waals surface area contributed by atoms with Gasteiger partial charge in [0.25, 0.3) is 0 Å². The smallest absolute Gasteiger partial charge is 0.166 e. The lowest BCUT2D eigenvalue weighted by atomic mass is 10.0. The molecule has 2 aromatic rings. The fourth-order valence-electron chi connectivity index (χ4n) is 3.13. The molecule has 2 aromatic heterocycles. The van der Waals surface area contributed by atoms with E-state index in [1.165, 1.54) is 0 Å². The van der Waals surface area contributed by atoms with Gasteiger partial charge in [0.15, 0.2) is 11.4 Å². The average molecular weight is 333 g/mol. The summed E-state index contributed by atoms with van der Waals surface area (Å²) < 4.78 is 13.3. The van der Waals surface area contributed by atoms with E-state index in [-0.39, 0.29) is 5.54 Å². The summed E-state index contributed by atoms with van der Waals surface area (Å²) in [6.07, 6.45) is 4.26. The van der Waals surface area contributed by atoms with E-state index in [9.17, 15) is 0 Å². The molecule has 1 aliphatic rings. The van der Waals surface area contributed by atoms with Crippen molar-refractivity contribution in [3.8, 4) is 0 Å². The fraction of sp³-hybridized carbons (Fsp3) is 0.706. The molecule has 1 unspecified atom stereocenters. The van der Waals surface area contributed by atoms with Gasteiger partial charge in [-0.3, -0.25) is 0 Å². The number of aromatic nitrogens is 4. The minimum absolute atomic E-state index is 0.119. The van der Waals surface area contributed by atoms with Gasteiger partial charge in [-0.15, -0.1) is 0 Å². The fourth-order valence-corrected chi connectivity index (χ4v) is 3.13. The van der Waals surface area contributed by atoms with E-state index in [4.69, 9.17) is 9.47 Å². The van der Waals surface area contributed by atoms with Crippen LogP contribution in [0.1, 0.15) is 41.0 Å². The molecule has 1 saturated heterocycles. The zero-order chi connectivity index (χ0) is 17.4. The maximum atomic E-state index is 5.69. The van der Waals surface area contributed by atoms with Gasteiger partial charge >= 0.3 is 0 Å². The van der Waals surface area contributed by atoms with Crippen molar-refractivity contribution in [2.75, 3.05) is 25.1 Å². The number of ether oxygens (including phenoxy) is 2. The SMILES string of the molecule is CC(CNc1ncnc2c1cnn2C(C)(C)C)CC1(C)OCCO1. The van der Waals surface area contributed by atoms with Crippen LogP contribution in [0.3, 0.4) is 0 Å². The minimum Gasteiger partial charge on any atom is -0.369 e. The predicted molar refractivity (Wildman–Crippen MR) is 92.9 cm³/mol. The Bertz CT molecular complexity index is 701. The Kier molecular flexibility index (Phi) is 4.48. The molecule has 3 rings (SSSR count). The summed E-state index contributed by atoms with van der Waals surface area (Å²) in [7, 11) is 0. The van der Waals surface area contributed by atoms with Crippen molar-refractivity contribution in [1.82, 2.24) is 19.7 Å². The quantitative estimate of drug-likeness (QED) is 0.907. The van der Waals surface area contributed by atoms with E-state index in [0.717, 1.165) is 29.8 Å². The van der Waals surface area contributed by atoms with E-state index in [1.807, 2.05) is 17.8 Å². The van der Waals surface area contributed by atoms with Gasteiger partial charge in [0, 0.05) is 13.0 Å². The molecule has 7 nitrogen and oxygen atoms in total. The first-order chi connectivity index (χ1) is 11.3. The van der Waals surface area contributed by atoms with Gasteiger partial charge in [-0.1, -0.05) is 6.92 Å². The van der Waals surface area contributed by atoms with Gasteiger partial charge in [-0.05, 0) is 33.6 Å². The molecular formula is C17H27N5O2. The summed E-state index contributed by atoms with van der Waals surface area (Å²) in [4.78, 5) is 8.78. The molecule has 0 bridgehead atoms. The molecule has 1 aliphatic heterocycles. The van der Waals surface area contributed by atoms with Crippen LogP contribution >= 0.6 is 0 Å². The molecule has 24 heavy (non-hydrogen) atoms. The minimum atomic E-state index is -0.459. The lowest BCUT2D eigenvalue weighted by Crippen LogP contribution is -2.30.